The third kappa shape index (κ3) is 8.69. The molecule has 4 fully saturated rings. The minimum Gasteiger partial charge on any atom is -0.487 e. The zero-order valence-electron chi connectivity index (χ0n) is 33.3. The van der Waals surface area contributed by atoms with E-state index in [9.17, 15) is 13.2 Å². The SMILES string of the molecule is CO[C@@]1(CN2CCN3CCOC[C@@H]3C2)/C=C/C[C@H](C)[C@@H](CC2CCC2)S(=O)(=O)NC(=O)c2ccc3c(c2)N(CCCCc2cc(Cl)ccc2CO3)C[C@@H]2CC[C@H]21. The van der Waals surface area contributed by atoms with Crippen LogP contribution in [-0.4, -0.2) is 107 Å². The van der Waals surface area contributed by atoms with Crippen LogP contribution in [0.1, 0.15) is 86.2 Å². The average molecular weight is 810 g/mol. The van der Waals surface area contributed by atoms with Crippen LogP contribution < -0.4 is 14.4 Å². The van der Waals surface area contributed by atoms with Gasteiger partial charge in [0.15, 0.2) is 0 Å². The maximum atomic E-state index is 14.3. The number of carbonyl (C=O) groups excluding carboxylic acids is 1. The van der Waals surface area contributed by atoms with Crippen molar-refractivity contribution in [3.63, 3.8) is 0 Å². The van der Waals surface area contributed by atoms with Gasteiger partial charge in [0.1, 0.15) is 18.0 Å². The predicted octanol–water partition coefficient (Wildman–Crippen LogP) is 6.70. The summed E-state index contributed by atoms with van der Waals surface area (Å²) in [6.07, 6.45) is 13.8. The van der Waals surface area contributed by atoms with Crippen molar-refractivity contribution in [2.45, 2.75) is 94.6 Å². The van der Waals surface area contributed by atoms with Gasteiger partial charge in [-0.05, 0) is 110 Å². The summed E-state index contributed by atoms with van der Waals surface area (Å²) in [5, 5.41) is 0.0380. The molecule has 306 valence electrons. The molecule has 6 aliphatic rings. The van der Waals surface area contributed by atoms with Gasteiger partial charge in [-0.15, -0.1) is 0 Å². The number of aryl methyl sites for hydroxylation is 1. The number of sulfonamides is 1. The topological polar surface area (TPSA) is 101 Å². The molecular weight excluding hydrogens is 748 g/mol. The Morgan fingerprint density at radius 3 is 2.64 bits per heavy atom. The highest BCUT2D eigenvalue weighted by Gasteiger charge is 2.49. The lowest BCUT2D eigenvalue weighted by Crippen LogP contribution is -2.62. The standard InChI is InChI=1S/C44H61ClN4O6S/c1-31-7-6-17-44(53-2,30-47-19-20-48-21-22-54-29-38(48)27-47)39-15-12-35(39)26-49-18-4-3-10-33-24-37(45)14-11-36(33)28-55-41-16-13-34(25-40(41)49)43(50)46-56(51,52)42(31)23-32-8-5-9-32/h6,11,13-14,16-17,24-25,31-32,35,38-39,42H,3-5,7-10,12,15,18-23,26-30H2,1-2H3,(H,46,50)/b17-6+/t31-,35-,38-,39+,42+,44+/m0/s1. The van der Waals surface area contributed by atoms with Crippen LogP contribution in [0.15, 0.2) is 48.6 Å². The van der Waals surface area contributed by atoms with Crippen molar-refractivity contribution in [2.75, 3.05) is 71.0 Å². The molecule has 0 radical (unpaired) electrons. The number of amides is 1. The Hall–Kier alpha value is -2.67. The van der Waals surface area contributed by atoms with E-state index in [0.29, 0.717) is 48.6 Å². The molecule has 0 spiro atoms. The highest BCUT2D eigenvalue weighted by Crippen LogP contribution is 2.47. The predicted molar refractivity (Wildman–Crippen MR) is 221 cm³/mol. The largest absolute Gasteiger partial charge is 0.487 e. The quantitative estimate of drug-likeness (QED) is 0.331. The lowest BCUT2D eigenvalue weighted by molar-refractivity contribution is -0.108. The molecule has 2 saturated heterocycles. The molecule has 4 aliphatic heterocycles. The summed E-state index contributed by atoms with van der Waals surface area (Å²) in [7, 11) is -2.12. The van der Waals surface area contributed by atoms with E-state index in [4.69, 9.17) is 25.8 Å². The van der Waals surface area contributed by atoms with Gasteiger partial charge in [-0.1, -0.05) is 56.0 Å². The van der Waals surface area contributed by atoms with Gasteiger partial charge in [-0.3, -0.25) is 14.6 Å². The summed E-state index contributed by atoms with van der Waals surface area (Å²) in [4.78, 5) is 21.5. The second-order valence-corrected chi connectivity index (χ2v) is 19.9. The smallest absolute Gasteiger partial charge is 0.264 e. The van der Waals surface area contributed by atoms with Crippen LogP contribution in [0.5, 0.6) is 5.75 Å². The Kier molecular flexibility index (Phi) is 12.4. The van der Waals surface area contributed by atoms with Crippen LogP contribution in [0.2, 0.25) is 5.02 Å². The number of hydrogen-bond donors (Lipinski definition) is 1. The number of hydrogen-bond acceptors (Lipinski definition) is 9. The second kappa shape index (κ2) is 17.3. The van der Waals surface area contributed by atoms with Gasteiger partial charge in [0, 0.05) is 69.6 Å². The number of piperazine rings is 1. The van der Waals surface area contributed by atoms with Gasteiger partial charge in [-0.2, -0.15) is 0 Å². The fourth-order valence-corrected chi connectivity index (χ4v) is 12.3. The van der Waals surface area contributed by atoms with Crippen LogP contribution in [0, 0.1) is 23.7 Å². The highest BCUT2D eigenvalue weighted by molar-refractivity contribution is 7.90. The Bertz CT molecular complexity index is 1860. The Balaban J connectivity index is 1.16. The monoisotopic (exact) mass is 808 g/mol. The van der Waals surface area contributed by atoms with Crippen LogP contribution in [-0.2, 0) is 32.5 Å². The molecule has 2 aromatic carbocycles. The van der Waals surface area contributed by atoms with E-state index in [0.717, 1.165) is 127 Å². The molecule has 0 aromatic heterocycles. The number of nitrogens with one attached hydrogen (secondary N) is 1. The fraction of sp³-hybridized carbons (Fsp3) is 0.659. The first-order valence-corrected chi connectivity index (χ1v) is 23.2. The van der Waals surface area contributed by atoms with Crippen molar-refractivity contribution in [3.8, 4) is 5.75 Å². The molecule has 8 rings (SSSR count). The summed E-state index contributed by atoms with van der Waals surface area (Å²) in [5.74, 6) is 0.893. The summed E-state index contributed by atoms with van der Waals surface area (Å²) in [5.41, 5.74) is 2.91. The van der Waals surface area contributed by atoms with Crippen molar-refractivity contribution in [3.05, 3.63) is 70.3 Å². The number of nitrogens with zero attached hydrogens (tertiary/aromatic N) is 3. The molecule has 10 nitrogen and oxygen atoms in total. The molecular formula is C44H61ClN4O6S. The zero-order chi connectivity index (χ0) is 38.9. The van der Waals surface area contributed by atoms with E-state index in [1.807, 2.05) is 44.4 Å². The number of rotatable bonds is 5. The van der Waals surface area contributed by atoms with Crippen LogP contribution in [0.3, 0.4) is 0 Å². The number of ether oxygens (including phenoxy) is 3. The van der Waals surface area contributed by atoms with E-state index in [-0.39, 0.29) is 11.8 Å². The number of benzene rings is 2. The molecule has 2 aliphatic carbocycles. The number of allylic oxidation sites excluding steroid dienone is 1. The minimum absolute atomic E-state index is 0.186. The maximum Gasteiger partial charge on any atom is 0.264 e. The molecule has 56 heavy (non-hydrogen) atoms. The van der Waals surface area contributed by atoms with Gasteiger partial charge in [-0.25, -0.2) is 13.1 Å². The first-order valence-electron chi connectivity index (χ1n) is 21.2. The lowest BCUT2D eigenvalue weighted by atomic mass is 9.63. The Morgan fingerprint density at radius 1 is 0.982 bits per heavy atom. The minimum atomic E-state index is -3.99. The molecule has 2 saturated carbocycles. The number of methoxy groups -OCH3 is 1. The number of halogens is 1. The molecule has 0 unspecified atom stereocenters. The third-order valence-electron chi connectivity index (χ3n) is 14.1. The number of morpholine rings is 1. The fourth-order valence-electron chi connectivity index (χ4n) is 10.3. The first-order chi connectivity index (χ1) is 27.1. The Morgan fingerprint density at radius 2 is 1.86 bits per heavy atom. The van der Waals surface area contributed by atoms with E-state index in [2.05, 4.69) is 31.6 Å². The van der Waals surface area contributed by atoms with E-state index < -0.39 is 26.8 Å². The summed E-state index contributed by atoms with van der Waals surface area (Å²) in [6.45, 7) is 10.3. The maximum absolute atomic E-state index is 14.3. The van der Waals surface area contributed by atoms with Gasteiger partial charge in [0.25, 0.3) is 5.91 Å². The number of anilines is 1. The molecule has 12 heteroatoms. The van der Waals surface area contributed by atoms with Crippen molar-refractivity contribution < 1.29 is 27.4 Å². The first kappa shape index (κ1) is 40.1. The van der Waals surface area contributed by atoms with E-state index in [1.54, 1.807) is 6.07 Å². The molecule has 2 bridgehead atoms. The van der Waals surface area contributed by atoms with E-state index >= 15 is 0 Å². The molecule has 2 aromatic rings. The zero-order valence-corrected chi connectivity index (χ0v) is 34.9. The van der Waals surface area contributed by atoms with Crippen molar-refractivity contribution in [2.24, 2.45) is 23.7 Å². The summed E-state index contributed by atoms with van der Waals surface area (Å²) < 4.78 is 50.4. The van der Waals surface area contributed by atoms with E-state index in [1.165, 1.54) is 5.56 Å². The van der Waals surface area contributed by atoms with Crippen molar-refractivity contribution in [1.29, 1.82) is 0 Å². The third-order valence-corrected chi connectivity index (χ3v) is 16.2. The van der Waals surface area contributed by atoms with Gasteiger partial charge < -0.3 is 19.1 Å². The number of fused-ring (bicyclic) bond motifs is 4. The Labute approximate surface area is 339 Å². The van der Waals surface area contributed by atoms with Crippen LogP contribution in [0.25, 0.3) is 0 Å². The molecule has 6 atom stereocenters. The average Bonchev–Trinajstić information content (AvgIpc) is 3.18. The summed E-state index contributed by atoms with van der Waals surface area (Å²) >= 11 is 6.44. The van der Waals surface area contributed by atoms with Gasteiger partial charge >= 0.3 is 0 Å². The second-order valence-electron chi connectivity index (χ2n) is 17.6. The van der Waals surface area contributed by atoms with Crippen molar-refractivity contribution in [1.82, 2.24) is 14.5 Å². The normalized spacial score (nSPS) is 32.5. The lowest BCUT2D eigenvalue weighted by Gasteiger charge is -2.53. The summed E-state index contributed by atoms with van der Waals surface area (Å²) in [6, 6.07) is 11.8. The number of carbonyl (C=O) groups is 1. The van der Waals surface area contributed by atoms with Crippen molar-refractivity contribution >= 4 is 33.2 Å². The van der Waals surface area contributed by atoms with Crippen LogP contribution in [0.4, 0.5) is 5.69 Å². The van der Waals surface area contributed by atoms with Gasteiger partial charge in [0.05, 0.1) is 24.2 Å². The van der Waals surface area contributed by atoms with Crippen LogP contribution >= 0.6 is 11.6 Å². The highest BCUT2D eigenvalue weighted by atomic mass is 35.5. The molecule has 4 heterocycles. The molecule has 1 amide bonds. The molecule has 1 N–H and O–H groups in total. The van der Waals surface area contributed by atoms with Gasteiger partial charge in [0.2, 0.25) is 10.0 Å².